The summed E-state index contributed by atoms with van der Waals surface area (Å²) in [6.07, 6.45) is 4.93. The van der Waals surface area contributed by atoms with E-state index in [1.165, 1.54) is 0 Å². The Morgan fingerprint density at radius 1 is 0.969 bits per heavy atom. The van der Waals surface area contributed by atoms with E-state index in [0.717, 1.165) is 43.4 Å². The molecule has 0 aromatic heterocycles. The van der Waals surface area contributed by atoms with Gasteiger partial charge in [-0.2, -0.15) is 0 Å². The lowest BCUT2D eigenvalue weighted by atomic mass is 9.91. The van der Waals surface area contributed by atoms with Crippen LogP contribution >= 0.6 is 0 Å². The number of carbonyl (C=O) groups is 2. The number of nitrogens with zero attached hydrogens (tertiary/aromatic N) is 1. The summed E-state index contributed by atoms with van der Waals surface area (Å²) in [6, 6.07) is 13.6. The van der Waals surface area contributed by atoms with E-state index in [1.807, 2.05) is 31.2 Å². The minimum atomic E-state index is -0.636. The quantitative estimate of drug-likeness (QED) is 0.399. The van der Waals surface area contributed by atoms with Crippen molar-refractivity contribution in [1.82, 2.24) is 4.90 Å². The van der Waals surface area contributed by atoms with Crippen LogP contribution < -0.4 is 9.47 Å². The maximum absolute atomic E-state index is 13.2. The van der Waals surface area contributed by atoms with Gasteiger partial charge >= 0.3 is 0 Å². The molecule has 0 bridgehead atoms. The summed E-state index contributed by atoms with van der Waals surface area (Å²) in [5.41, 5.74) is 1.39. The Morgan fingerprint density at radius 3 is 2.19 bits per heavy atom. The number of likely N-dealkylation sites (tertiary alicyclic amines) is 1. The van der Waals surface area contributed by atoms with Gasteiger partial charge in [-0.1, -0.05) is 31.4 Å². The number of benzene rings is 2. The second-order valence-electron chi connectivity index (χ2n) is 8.23. The van der Waals surface area contributed by atoms with E-state index in [-0.39, 0.29) is 17.4 Å². The van der Waals surface area contributed by atoms with Crippen molar-refractivity contribution in [1.29, 1.82) is 0 Å². The third-order valence-corrected chi connectivity index (χ3v) is 6.32. The number of hydrogen-bond acceptors (Lipinski definition) is 5. The van der Waals surface area contributed by atoms with Gasteiger partial charge in [0.2, 0.25) is 0 Å². The van der Waals surface area contributed by atoms with E-state index in [9.17, 15) is 14.7 Å². The first kappa shape index (κ1) is 21.9. The highest BCUT2D eigenvalue weighted by molar-refractivity contribution is 6.46. The van der Waals surface area contributed by atoms with E-state index in [0.29, 0.717) is 17.9 Å². The third kappa shape index (κ3) is 4.09. The number of amides is 1. The second kappa shape index (κ2) is 9.47. The van der Waals surface area contributed by atoms with Crippen LogP contribution in [0.1, 0.15) is 56.2 Å². The topological polar surface area (TPSA) is 76.1 Å². The van der Waals surface area contributed by atoms with Crippen molar-refractivity contribution in [3.05, 3.63) is 65.2 Å². The predicted octanol–water partition coefficient (Wildman–Crippen LogP) is 4.85. The molecular formula is C26H29NO5. The van der Waals surface area contributed by atoms with Crippen LogP contribution in [0.2, 0.25) is 0 Å². The lowest BCUT2D eigenvalue weighted by Gasteiger charge is -2.35. The first-order valence-corrected chi connectivity index (χ1v) is 11.2. The summed E-state index contributed by atoms with van der Waals surface area (Å²) in [7, 11) is 1.57. The van der Waals surface area contributed by atoms with Gasteiger partial charge in [-0.15, -0.1) is 0 Å². The minimum absolute atomic E-state index is 0.0158. The van der Waals surface area contributed by atoms with Crippen molar-refractivity contribution in [3.63, 3.8) is 0 Å². The molecule has 1 saturated heterocycles. The molecule has 1 aliphatic carbocycles. The zero-order chi connectivity index (χ0) is 22.7. The number of carbonyl (C=O) groups excluding carboxylic acids is 2. The molecule has 1 amide bonds. The first-order chi connectivity index (χ1) is 15.5. The maximum Gasteiger partial charge on any atom is 0.295 e. The molecule has 6 nitrogen and oxygen atoms in total. The van der Waals surface area contributed by atoms with Crippen LogP contribution in [0.3, 0.4) is 0 Å². The summed E-state index contributed by atoms with van der Waals surface area (Å²) in [5, 5.41) is 11.2. The molecule has 0 spiro atoms. The summed E-state index contributed by atoms with van der Waals surface area (Å²) in [4.78, 5) is 28.1. The number of aliphatic hydroxyl groups is 1. The Bertz CT molecular complexity index is 1000. The Hall–Kier alpha value is -3.28. The molecule has 2 aromatic rings. The smallest absolute Gasteiger partial charge is 0.295 e. The Balaban J connectivity index is 1.81. The van der Waals surface area contributed by atoms with Gasteiger partial charge in [-0.05, 0) is 61.7 Å². The molecule has 0 radical (unpaired) electrons. The summed E-state index contributed by atoms with van der Waals surface area (Å²) < 4.78 is 10.7. The number of ether oxygens (including phenoxy) is 2. The molecular weight excluding hydrogens is 406 g/mol. The normalized spacial score (nSPS) is 21.1. The van der Waals surface area contributed by atoms with E-state index in [4.69, 9.17) is 9.47 Å². The van der Waals surface area contributed by atoms with Crippen LogP contribution in [-0.4, -0.2) is 41.5 Å². The van der Waals surface area contributed by atoms with Crippen LogP contribution in [0, 0.1) is 0 Å². The molecule has 2 aliphatic rings. The minimum Gasteiger partial charge on any atom is -0.507 e. The molecule has 168 valence electrons. The lowest BCUT2D eigenvalue weighted by molar-refractivity contribution is -0.141. The molecule has 1 heterocycles. The van der Waals surface area contributed by atoms with Crippen molar-refractivity contribution in [2.75, 3.05) is 13.7 Å². The number of methoxy groups -OCH3 is 1. The fourth-order valence-electron chi connectivity index (χ4n) is 4.73. The number of Topliss-reactive ketones (excluding diaryl/α,β-unsaturated/α-hetero) is 1. The molecule has 1 N–H and O–H groups in total. The highest BCUT2D eigenvalue weighted by atomic mass is 16.5. The number of hydrogen-bond donors (Lipinski definition) is 1. The summed E-state index contributed by atoms with van der Waals surface area (Å²) >= 11 is 0. The summed E-state index contributed by atoms with van der Waals surface area (Å²) in [6.45, 7) is 2.47. The van der Waals surface area contributed by atoms with Gasteiger partial charge in [0.05, 0.1) is 25.3 Å². The SMILES string of the molecule is CCOc1ccc(C2/C(=C(/O)c3ccc(OC)cc3)C(=O)C(=O)N2C2CCCCC2)cc1. The zero-order valence-corrected chi connectivity index (χ0v) is 18.5. The molecule has 1 aliphatic heterocycles. The highest BCUT2D eigenvalue weighted by Crippen LogP contribution is 2.43. The largest absolute Gasteiger partial charge is 0.507 e. The van der Waals surface area contributed by atoms with Crippen molar-refractivity contribution in [2.24, 2.45) is 0 Å². The standard InChI is InChI=1S/C26H29NO5/c1-3-32-21-15-9-17(10-16-21)23-22(24(28)18-11-13-20(31-2)14-12-18)25(29)26(30)27(23)19-7-5-4-6-8-19/h9-16,19,23,28H,3-8H2,1-2H3/b24-22-. The number of ketones is 1. The van der Waals surface area contributed by atoms with Crippen molar-refractivity contribution >= 4 is 17.4 Å². The first-order valence-electron chi connectivity index (χ1n) is 11.2. The average molecular weight is 436 g/mol. The molecule has 6 heteroatoms. The maximum atomic E-state index is 13.2. The van der Waals surface area contributed by atoms with Gasteiger partial charge < -0.3 is 19.5 Å². The van der Waals surface area contributed by atoms with Crippen LogP contribution in [-0.2, 0) is 9.59 Å². The fraction of sp³-hybridized carbons (Fsp3) is 0.385. The Morgan fingerprint density at radius 2 is 1.59 bits per heavy atom. The van der Waals surface area contributed by atoms with Gasteiger partial charge in [-0.3, -0.25) is 9.59 Å². The Kier molecular flexibility index (Phi) is 6.49. The molecule has 1 atom stereocenters. The van der Waals surface area contributed by atoms with Crippen LogP contribution in [0.4, 0.5) is 0 Å². The lowest BCUT2D eigenvalue weighted by Crippen LogP contribution is -2.40. The van der Waals surface area contributed by atoms with Gasteiger partial charge in [0, 0.05) is 11.6 Å². The summed E-state index contributed by atoms with van der Waals surface area (Å²) in [5.74, 6) is 0.0325. The molecule has 4 rings (SSSR count). The van der Waals surface area contributed by atoms with Gasteiger partial charge in [0.15, 0.2) is 0 Å². The molecule has 2 fully saturated rings. The molecule has 32 heavy (non-hydrogen) atoms. The van der Waals surface area contributed by atoms with Crippen LogP contribution in [0.15, 0.2) is 54.1 Å². The number of rotatable bonds is 6. The zero-order valence-electron chi connectivity index (χ0n) is 18.5. The molecule has 1 saturated carbocycles. The van der Waals surface area contributed by atoms with Gasteiger partial charge in [-0.25, -0.2) is 0 Å². The van der Waals surface area contributed by atoms with E-state index >= 15 is 0 Å². The molecule has 1 unspecified atom stereocenters. The van der Waals surface area contributed by atoms with Crippen molar-refractivity contribution in [3.8, 4) is 11.5 Å². The van der Waals surface area contributed by atoms with Crippen molar-refractivity contribution in [2.45, 2.75) is 51.1 Å². The Labute approximate surface area is 188 Å². The van der Waals surface area contributed by atoms with E-state index < -0.39 is 17.7 Å². The third-order valence-electron chi connectivity index (χ3n) is 6.32. The fourth-order valence-corrected chi connectivity index (χ4v) is 4.73. The van der Waals surface area contributed by atoms with E-state index in [1.54, 1.807) is 36.3 Å². The average Bonchev–Trinajstić information content (AvgIpc) is 3.10. The highest BCUT2D eigenvalue weighted by Gasteiger charge is 2.48. The second-order valence-corrected chi connectivity index (χ2v) is 8.23. The van der Waals surface area contributed by atoms with Crippen LogP contribution in [0.5, 0.6) is 11.5 Å². The van der Waals surface area contributed by atoms with E-state index in [2.05, 4.69) is 0 Å². The molecule has 2 aromatic carbocycles. The van der Waals surface area contributed by atoms with Crippen molar-refractivity contribution < 1.29 is 24.2 Å². The monoisotopic (exact) mass is 435 g/mol. The van der Waals surface area contributed by atoms with Gasteiger partial charge in [0.1, 0.15) is 17.3 Å². The number of aliphatic hydroxyl groups excluding tert-OH is 1. The predicted molar refractivity (Wildman–Crippen MR) is 122 cm³/mol. The van der Waals surface area contributed by atoms with Gasteiger partial charge in [0.25, 0.3) is 11.7 Å². The van der Waals surface area contributed by atoms with Crippen LogP contribution in [0.25, 0.3) is 5.76 Å².